The first-order chi connectivity index (χ1) is 14.9. The van der Waals surface area contributed by atoms with Crippen molar-refractivity contribution in [1.29, 1.82) is 0 Å². The summed E-state index contributed by atoms with van der Waals surface area (Å²) in [4.78, 5) is 48.1. The average Bonchev–Trinajstić information content (AvgIpc) is 2.91. The van der Waals surface area contributed by atoms with Crippen LogP contribution in [0.15, 0.2) is 12.7 Å². The Bertz CT molecular complexity index is 1270. The molecular formula is C13H19FN5O11P3. The van der Waals surface area contributed by atoms with E-state index in [-0.39, 0.29) is 17.0 Å². The van der Waals surface area contributed by atoms with E-state index in [1.807, 2.05) is 0 Å². The van der Waals surface area contributed by atoms with E-state index >= 15 is 4.39 Å². The maximum absolute atomic E-state index is 16.0. The van der Waals surface area contributed by atoms with Gasteiger partial charge in [-0.25, -0.2) is 33.0 Å². The first-order valence-electron chi connectivity index (χ1n) is 9.08. The van der Waals surface area contributed by atoms with E-state index in [4.69, 9.17) is 20.0 Å². The maximum atomic E-state index is 16.0. The molecule has 2 fully saturated rings. The van der Waals surface area contributed by atoms with Crippen LogP contribution in [0.4, 0.5) is 10.2 Å². The summed E-state index contributed by atoms with van der Waals surface area (Å²) in [6.07, 6.45) is 0.748. The van der Waals surface area contributed by atoms with Crippen molar-refractivity contribution in [2.75, 3.05) is 5.73 Å². The van der Waals surface area contributed by atoms with Gasteiger partial charge in [0.1, 0.15) is 23.5 Å². The first-order valence-corrected chi connectivity index (χ1v) is 13.6. The highest BCUT2D eigenvalue weighted by molar-refractivity contribution is 7.66. The standard InChI is InChI=1S/C13H19FN5O11P3/c1-5-6-9(28-32(24,25)30-33(26,27)29-31(21,22)23)13(6,20)12(2,14)8(5)19-4-18-7-10(15)16-3-17-11(7)19/h3-6,8-9,20H,1-2H3,(H,24,25)(H,26,27)(H2,15,16,17)(H2,21,22,23)/t5-,6+,8+,9?,12-,13-/m0/s1. The normalized spacial score (nSPS) is 37.5. The fourth-order valence-corrected chi connectivity index (χ4v) is 7.99. The minimum Gasteiger partial charge on any atom is -0.383 e. The third kappa shape index (κ3) is 3.97. The van der Waals surface area contributed by atoms with E-state index in [2.05, 4.69) is 23.6 Å². The van der Waals surface area contributed by atoms with Gasteiger partial charge in [0.05, 0.1) is 12.4 Å². The van der Waals surface area contributed by atoms with Crippen LogP contribution in [0.25, 0.3) is 11.2 Å². The van der Waals surface area contributed by atoms with Crippen LogP contribution in [0, 0.1) is 11.8 Å². The molecule has 8 atom stereocenters. The van der Waals surface area contributed by atoms with Crippen LogP contribution < -0.4 is 5.73 Å². The fraction of sp³-hybridized carbons (Fsp3) is 0.615. The molecule has 2 aliphatic carbocycles. The fourth-order valence-electron chi connectivity index (χ4n) is 4.75. The molecule has 0 radical (unpaired) electrons. The number of nitrogens with zero attached hydrogens (tertiary/aromatic N) is 4. The molecule has 0 aromatic carbocycles. The summed E-state index contributed by atoms with van der Waals surface area (Å²) < 4.78 is 63.8. The third-order valence-electron chi connectivity index (χ3n) is 5.91. The monoisotopic (exact) mass is 533 g/mol. The van der Waals surface area contributed by atoms with Crippen molar-refractivity contribution in [3.8, 4) is 0 Å². The number of alkyl halides is 1. The van der Waals surface area contributed by atoms with Gasteiger partial charge in [-0.1, -0.05) is 6.92 Å². The molecule has 2 aromatic heterocycles. The number of aromatic nitrogens is 4. The molecule has 33 heavy (non-hydrogen) atoms. The van der Waals surface area contributed by atoms with Gasteiger partial charge in [0, 0.05) is 5.92 Å². The number of phosphoric ester groups is 1. The molecule has 0 bridgehead atoms. The lowest BCUT2D eigenvalue weighted by molar-refractivity contribution is -0.0615. The Hall–Kier alpha value is -1.35. The second-order valence-corrected chi connectivity index (χ2v) is 12.3. The topological polar surface area (TPSA) is 250 Å². The lowest BCUT2D eigenvalue weighted by Gasteiger charge is -2.34. The number of nitrogen functional groups attached to an aromatic ring is 1. The summed E-state index contributed by atoms with van der Waals surface area (Å²) in [6.45, 7) is 2.56. The molecule has 7 N–H and O–H groups in total. The number of halogens is 1. The number of rotatable bonds is 7. The molecule has 0 spiro atoms. The molecule has 2 aliphatic rings. The zero-order valence-corrected chi connectivity index (χ0v) is 19.4. The smallest absolute Gasteiger partial charge is 0.383 e. The Morgan fingerprint density at radius 3 is 2.30 bits per heavy atom. The van der Waals surface area contributed by atoms with Crippen LogP contribution in [-0.2, 0) is 26.8 Å². The molecule has 2 aromatic rings. The second-order valence-electron chi connectivity index (χ2n) is 7.93. The maximum Gasteiger partial charge on any atom is 0.490 e. The lowest BCUT2D eigenvalue weighted by atomic mass is 9.89. The minimum atomic E-state index is -5.76. The third-order valence-corrected chi connectivity index (χ3v) is 9.73. The number of anilines is 1. The molecule has 4 rings (SSSR count). The van der Waals surface area contributed by atoms with E-state index in [1.165, 1.54) is 17.8 Å². The number of hydrogen-bond donors (Lipinski definition) is 6. The number of imidazole rings is 1. The summed E-state index contributed by atoms with van der Waals surface area (Å²) in [5.74, 6) is -1.78. The van der Waals surface area contributed by atoms with Crippen molar-refractivity contribution in [2.45, 2.75) is 37.3 Å². The highest BCUT2D eigenvalue weighted by atomic mass is 31.3. The van der Waals surface area contributed by atoms with Crippen LogP contribution >= 0.6 is 23.5 Å². The predicted molar refractivity (Wildman–Crippen MR) is 105 cm³/mol. The Labute approximate surface area is 184 Å². The molecule has 0 aliphatic heterocycles. The number of aliphatic hydroxyl groups is 1. The van der Waals surface area contributed by atoms with Gasteiger partial charge in [-0.2, -0.15) is 8.62 Å². The Morgan fingerprint density at radius 2 is 1.76 bits per heavy atom. The number of phosphoric acid groups is 3. The summed E-state index contributed by atoms with van der Waals surface area (Å²) in [5, 5.41) is 11.0. The van der Waals surface area contributed by atoms with Crippen LogP contribution in [0.1, 0.15) is 19.9 Å². The Balaban J connectivity index is 1.58. The highest BCUT2D eigenvalue weighted by Crippen LogP contribution is 2.74. The predicted octanol–water partition coefficient (Wildman–Crippen LogP) is 0.400. The van der Waals surface area contributed by atoms with E-state index in [9.17, 15) is 28.6 Å². The van der Waals surface area contributed by atoms with Crippen LogP contribution in [0.2, 0.25) is 0 Å². The van der Waals surface area contributed by atoms with Gasteiger partial charge >= 0.3 is 23.5 Å². The lowest BCUT2D eigenvalue weighted by Crippen LogP contribution is -2.45. The molecular weight excluding hydrogens is 514 g/mol. The second kappa shape index (κ2) is 7.33. The Morgan fingerprint density at radius 1 is 1.12 bits per heavy atom. The van der Waals surface area contributed by atoms with E-state index < -0.39 is 58.7 Å². The average molecular weight is 533 g/mol. The minimum absolute atomic E-state index is 0.0550. The first kappa shape index (κ1) is 24.8. The van der Waals surface area contributed by atoms with Gasteiger partial charge in [-0.3, -0.25) is 4.52 Å². The zero-order chi connectivity index (χ0) is 24.8. The molecule has 20 heteroatoms. The molecule has 0 saturated heterocycles. The summed E-state index contributed by atoms with van der Waals surface area (Å²) >= 11 is 0. The molecule has 2 heterocycles. The molecule has 2 saturated carbocycles. The molecule has 16 nitrogen and oxygen atoms in total. The molecule has 3 unspecified atom stereocenters. The number of hydrogen-bond acceptors (Lipinski definition) is 11. The molecule has 0 amide bonds. The number of nitrogens with two attached hydrogens (primary N) is 1. The zero-order valence-electron chi connectivity index (χ0n) is 16.7. The largest absolute Gasteiger partial charge is 0.490 e. The van der Waals surface area contributed by atoms with Crippen molar-refractivity contribution in [2.24, 2.45) is 11.8 Å². The van der Waals surface area contributed by atoms with Gasteiger partial charge in [-0.05, 0) is 12.8 Å². The van der Waals surface area contributed by atoms with Crippen molar-refractivity contribution in [3.63, 3.8) is 0 Å². The SMILES string of the molecule is C[C@@H]1[C@@H](n2cnc3c(N)ncnc32)[C@](C)(F)[C@@]2(O)C(OP(=O)(O)OP(=O)(O)OP(=O)(O)O)[C@@H]12. The van der Waals surface area contributed by atoms with Crippen molar-refractivity contribution in [1.82, 2.24) is 19.5 Å². The van der Waals surface area contributed by atoms with E-state index in [1.54, 1.807) is 0 Å². The van der Waals surface area contributed by atoms with Gasteiger partial charge in [0.25, 0.3) is 0 Å². The quantitative estimate of drug-likeness (QED) is 0.264. The summed E-state index contributed by atoms with van der Waals surface area (Å²) in [7, 11) is -16.9. The van der Waals surface area contributed by atoms with Gasteiger partial charge in [0.15, 0.2) is 17.1 Å². The van der Waals surface area contributed by atoms with Crippen LogP contribution in [-0.4, -0.2) is 61.6 Å². The summed E-state index contributed by atoms with van der Waals surface area (Å²) in [6, 6.07) is -1.08. The van der Waals surface area contributed by atoms with Crippen molar-refractivity contribution < 1.29 is 55.9 Å². The van der Waals surface area contributed by atoms with Crippen molar-refractivity contribution >= 4 is 40.4 Å². The van der Waals surface area contributed by atoms with E-state index in [0.29, 0.717) is 0 Å². The molecule has 184 valence electrons. The van der Waals surface area contributed by atoms with Crippen LogP contribution in [0.3, 0.4) is 0 Å². The number of fused-ring (bicyclic) bond motifs is 2. The van der Waals surface area contributed by atoms with E-state index in [0.717, 1.165) is 13.3 Å². The van der Waals surface area contributed by atoms with Crippen molar-refractivity contribution in [3.05, 3.63) is 12.7 Å². The van der Waals surface area contributed by atoms with Crippen LogP contribution in [0.5, 0.6) is 0 Å². The van der Waals surface area contributed by atoms with Gasteiger partial charge < -0.3 is 35.0 Å². The Kier molecular flexibility index (Phi) is 5.50. The van der Waals surface area contributed by atoms with Gasteiger partial charge in [0.2, 0.25) is 0 Å². The highest BCUT2D eigenvalue weighted by Gasteiger charge is 2.85. The summed E-state index contributed by atoms with van der Waals surface area (Å²) in [5.41, 5.74) is 1.31. The van der Waals surface area contributed by atoms with Gasteiger partial charge in [-0.15, -0.1) is 0 Å².